The van der Waals surface area contributed by atoms with Crippen LogP contribution in [0.5, 0.6) is 0 Å². The molecule has 9 heteroatoms. The Morgan fingerprint density at radius 2 is 1.45 bits per heavy atom. The molecule has 3 fully saturated rings. The van der Waals surface area contributed by atoms with Crippen molar-refractivity contribution >= 4 is 17.9 Å². The zero-order valence-electron chi connectivity index (χ0n) is 31.7. The lowest BCUT2D eigenvalue weighted by Crippen LogP contribution is -2.58. The first-order valence-corrected chi connectivity index (χ1v) is 19.9. The minimum absolute atomic E-state index is 0.00584. The summed E-state index contributed by atoms with van der Waals surface area (Å²) in [6, 6.07) is -0.437. The first kappa shape index (κ1) is 41.3. The average molecular weight is 690 g/mol. The topological polar surface area (TPSA) is 126 Å². The SMILES string of the molecule is CCCCCCCCCC=CCCCCCC1(NC(=O)NC2CCCCC2C(CNC(=O)C2OC(C)(C)OCC2(C)C)C(=O)O)CCCC1. The second-order valence-electron chi connectivity index (χ2n) is 16.5. The molecule has 9 nitrogen and oxygen atoms in total. The molecule has 2 aliphatic carbocycles. The first-order chi connectivity index (χ1) is 23.4. The highest BCUT2D eigenvalue weighted by atomic mass is 16.7. The third-order valence-electron chi connectivity index (χ3n) is 11.2. The number of nitrogens with one attached hydrogen (secondary N) is 3. The number of unbranched alkanes of at least 4 members (excludes halogenated alkanes) is 10. The van der Waals surface area contributed by atoms with Gasteiger partial charge < -0.3 is 30.5 Å². The molecule has 282 valence electrons. The maximum atomic E-state index is 13.5. The minimum atomic E-state index is -0.952. The van der Waals surface area contributed by atoms with E-state index in [1.165, 1.54) is 57.8 Å². The van der Waals surface area contributed by atoms with Gasteiger partial charge in [-0.3, -0.25) is 9.59 Å². The number of amides is 3. The van der Waals surface area contributed by atoms with E-state index in [4.69, 9.17) is 9.47 Å². The number of hydrogen-bond donors (Lipinski definition) is 4. The van der Waals surface area contributed by atoms with E-state index in [0.29, 0.717) is 13.0 Å². The summed E-state index contributed by atoms with van der Waals surface area (Å²) in [5.41, 5.74) is -0.725. The highest BCUT2D eigenvalue weighted by Gasteiger charge is 2.46. The van der Waals surface area contributed by atoms with Crippen LogP contribution in [0.4, 0.5) is 4.79 Å². The Kier molecular flexibility index (Phi) is 17.4. The molecule has 0 radical (unpaired) electrons. The normalized spacial score (nSPS) is 25.1. The molecule has 49 heavy (non-hydrogen) atoms. The Morgan fingerprint density at radius 3 is 2.10 bits per heavy atom. The Hall–Kier alpha value is -2.13. The number of hydrogen-bond acceptors (Lipinski definition) is 5. The minimum Gasteiger partial charge on any atom is -0.481 e. The zero-order chi connectivity index (χ0) is 35.8. The summed E-state index contributed by atoms with van der Waals surface area (Å²) in [6.07, 6.45) is 27.7. The van der Waals surface area contributed by atoms with Crippen LogP contribution >= 0.6 is 0 Å². The van der Waals surface area contributed by atoms with E-state index in [1.807, 2.05) is 13.8 Å². The Bertz CT molecular complexity index is 1040. The van der Waals surface area contributed by atoms with Crippen molar-refractivity contribution in [2.75, 3.05) is 13.2 Å². The van der Waals surface area contributed by atoms with Gasteiger partial charge in [-0.25, -0.2) is 4.79 Å². The van der Waals surface area contributed by atoms with Gasteiger partial charge in [0.15, 0.2) is 5.79 Å². The van der Waals surface area contributed by atoms with Crippen molar-refractivity contribution in [2.45, 2.75) is 193 Å². The van der Waals surface area contributed by atoms with E-state index in [2.05, 4.69) is 35.0 Å². The lowest BCUT2D eigenvalue weighted by Gasteiger charge is -2.45. The molecule has 2 saturated carbocycles. The second-order valence-corrected chi connectivity index (χ2v) is 16.5. The predicted octanol–water partition coefficient (Wildman–Crippen LogP) is 8.80. The molecule has 0 bridgehead atoms. The number of carboxylic acids is 1. The fourth-order valence-corrected chi connectivity index (χ4v) is 8.16. The lowest BCUT2D eigenvalue weighted by atomic mass is 9.76. The summed E-state index contributed by atoms with van der Waals surface area (Å²) in [7, 11) is 0. The van der Waals surface area contributed by atoms with Crippen LogP contribution in [0.25, 0.3) is 0 Å². The summed E-state index contributed by atoms with van der Waals surface area (Å²) >= 11 is 0. The van der Waals surface area contributed by atoms with E-state index in [-0.39, 0.29) is 36.0 Å². The molecule has 1 aliphatic heterocycles. The van der Waals surface area contributed by atoms with Gasteiger partial charge in [0.2, 0.25) is 5.91 Å². The molecule has 0 aromatic heterocycles. The van der Waals surface area contributed by atoms with Gasteiger partial charge in [-0.1, -0.05) is 110 Å². The van der Waals surface area contributed by atoms with Crippen molar-refractivity contribution in [2.24, 2.45) is 17.3 Å². The molecule has 3 aliphatic rings. The van der Waals surface area contributed by atoms with E-state index in [0.717, 1.165) is 70.6 Å². The smallest absolute Gasteiger partial charge is 0.315 e. The van der Waals surface area contributed by atoms with Crippen LogP contribution in [0, 0.1) is 17.3 Å². The van der Waals surface area contributed by atoms with Gasteiger partial charge in [0.1, 0.15) is 6.10 Å². The summed E-state index contributed by atoms with van der Waals surface area (Å²) < 4.78 is 11.7. The van der Waals surface area contributed by atoms with Crippen LogP contribution in [-0.4, -0.2) is 59.6 Å². The third-order valence-corrected chi connectivity index (χ3v) is 11.2. The molecular formula is C40H71N3O6. The lowest BCUT2D eigenvalue weighted by molar-refractivity contribution is -0.304. The van der Waals surface area contributed by atoms with Gasteiger partial charge in [0.25, 0.3) is 0 Å². The molecule has 4 N–H and O–H groups in total. The number of rotatable bonds is 21. The van der Waals surface area contributed by atoms with Crippen molar-refractivity contribution in [1.82, 2.24) is 16.0 Å². The van der Waals surface area contributed by atoms with Crippen molar-refractivity contribution in [3.8, 4) is 0 Å². The van der Waals surface area contributed by atoms with Gasteiger partial charge in [0, 0.05) is 23.5 Å². The highest BCUT2D eigenvalue weighted by Crippen LogP contribution is 2.37. The van der Waals surface area contributed by atoms with Gasteiger partial charge in [-0.05, 0) is 77.6 Å². The monoisotopic (exact) mass is 690 g/mol. The number of aliphatic carboxylic acids is 1. The maximum Gasteiger partial charge on any atom is 0.315 e. The predicted molar refractivity (Wildman–Crippen MR) is 196 cm³/mol. The van der Waals surface area contributed by atoms with E-state index in [9.17, 15) is 19.5 Å². The van der Waals surface area contributed by atoms with Crippen LogP contribution in [0.15, 0.2) is 12.2 Å². The highest BCUT2D eigenvalue weighted by molar-refractivity contribution is 5.82. The summed E-state index contributed by atoms with van der Waals surface area (Å²) in [4.78, 5) is 39.3. The van der Waals surface area contributed by atoms with Gasteiger partial charge in [0.05, 0.1) is 12.5 Å². The maximum absolute atomic E-state index is 13.5. The third kappa shape index (κ3) is 14.2. The van der Waals surface area contributed by atoms with E-state index in [1.54, 1.807) is 13.8 Å². The molecular weight excluding hydrogens is 618 g/mol. The number of carboxylic acid groups (broad SMARTS) is 1. The molecule has 4 atom stereocenters. The van der Waals surface area contributed by atoms with Crippen molar-refractivity contribution < 1.29 is 29.0 Å². The summed E-state index contributed by atoms with van der Waals surface area (Å²) in [5.74, 6) is -3.25. The standard InChI is InChI=1S/C40H71N3O6/c1-6-7-8-9-10-11-12-13-14-15-16-17-18-21-26-40(27-22-23-28-40)43-37(47)42-33-25-20-19-24-31(33)32(36(45)46)29-41-35(44)34-38(2,3)30-48-39(4,5)49-34/h14-15,31-34H,6-13,16-30H2,1-5H3,(H,41,44)(H,45,46)(H2,42,43,47). The number of carbonyl (C=O) groups is 3. The Labute approximate surface area is 297 Å². The fourth-order valence-electron chi connectivity index (χ4n) is 8.16. The quantitative estimate of drug-likeness (QED) is 0.0705. The van der Waals surface area contributed by atoms with Crippen LogP contribution in [0.1, 0.15) is 169 Å². The Balaban J connectivity index is 1.44. The van der Waals surface area contributed by atoms with Crippen LogP contribution in [-0.2, 0) is 19.1 Å². The molecule has 3 rings (SSSR count). The molecule has 0 spiro atoms. The molecule has 1 saturated heterocycles. The molecule has 0 aromatic rings. The van der Waals surface area contributed by atoms with Crippen molar-refractivity contribution in [1.29, 1.82) is 0 Å². The van der Waals surface area contributed by atoms with E-state index >= 15 is 0 Å². The number of allylic oxidation sites excluding steroid dienone is 2. The zero-order valence-corrected chi connectivity index (χ0v) is 31.7. The number of urea groups is 1. The summed E-state index contributed by atoms with van der Waals surface area (Å²) in [6.45, 7) is 10.00. The Morgan fingerprint density at radius 1 is 0.837 bits per heavy atom. The molecule has 0 aromatic carbocycles. The number of ether oxygens (including phenoxy) is 2. The number of carbonyl (C=O) groups excluding carboxylic acids is 2. The van der Waals surface area contributed by atoms with Gasteiger partial charge in [-0.2, -0.15) is 0 Å². The summed E-state index contributed by atoms with van der Waals surface area (Å²) in [5, 5.41) is 19.8. The van der Waals surface area contributed by atoms with E-state index < -0.39 is 29.2 Å². The molecule has 1 heterocycles. The largest absolute Gasteiger partial charge is 0.481 e. The first-order valence-electron chi connectivity index (χ1n) is 19.9. The van der Waals surface area contributed by atoms with Crippen LogP contribution < -0.4 is 16.0 Å². The van der Waals surface area contributed by atoms with Gasteiger partial charge >= 0.3 is 12.0 Å². The van der Waals surface area contributed by atoms with Crippen LogP contribution in [0.2, 0.25) is 0 Å². The fraction of sp³-hybridized carbons (Fsp3) is 0.875. The second kappa shape index (κ2) is 20.7. The molecule has 4 unspecified atom stereocenters. The molecule has 3 amide bonds. The van der Waals surface area contributed by atoms with Crippen LogP contribution in [0.3, 0.4) is 0 Å². The van der Waals surface area contributed by atoms with Gasteiger partial charge in [-0.15, -0.1) is 0 Å². The average Bonchev–Trinajstić information content (AvgIpc) is 3.51. The van der Waals surface area contributed by atoms with Crippen molar-refractivity contribution in [3.05, 3.63) is 12.2 Å². The van der Waals surface area contributed by atoms with Crippen molar-refractivity contribution in [3.63, 3.8) is 0 Å².